The minimum atomic E-state index is -0.385. The van der Waals surface area contributed by atoms with E-state index in [9.17, 15) is 4.79 Å². The van der Waals surface area contributed by atoms with Gasteiger partial charge in [-0.15, -0.1) is 0 Å². The van der Waals surface area contributed by atoms with Gasteiger partial charge in [0.05, 0.1) is 6.04 Å². The van der Waals surface area contributed by atoms with E-state index in [0.717, 1.165) is 23.7 Å². The number of likely N-dealkylation sites (N-methyl/N-ethyl adjacent to an activating group) is 1. The van der Waals surface area contributed by atoms with Crippen LogP contribution in [0, 0.1) is 29.1 Å². The zero-order valence-electron chi connectivity index (χ0n) is 13.4. The first kappa shape index (κ1) is 14.4. The highest BCUT2D eigenvalue weighted by atomic mass is 16.2. The van der Waals surface area contributed by atoms with Crippen LogP contribution in [0.15, 0.2) is 0 Å². The van der Waals surface area contributed by atoms with Crippen molar-refractivity contribution in [3.05, 3.63) is 0 Å². The van der Waals surface area contributed by atoms with Gasteiger partial charge in [-0.2, -0.15) is 0 Å². The van der Waals surface area contributed by atoms with Gasteiger partial charge in [-0.3, -0.25) is 4.79 Å². The third-order valence-electron chi connectivity index (χ3n) is 6.17. The summed E-state index contributed by atoms with van der Waals surface area (Å²) < 4.78 is 0. The minimum absolute atomic E-state index is 0.148. The molecular weight excluding hydrogens is 248 g/mol. The third kappa shape index (κ3) is 2.28. The lowest BCUT2D eigenvalue weighted by atomic mass is 9.54. The van der Waals surface area contributed by atoms with E-state index >= 15 is 0 Å². The van der Waals surface area contributed by atoms with Gasteiger partial charge in [0.1, 0.15) is 0 Å². The fourth-order valence-electron chi connectivity index (χ4n) is 5.27. The van der Waals surface area contributed by atoms with E-state index in [4.69, 9.17) is 5.73 Å². The smallest absolute Gasteiger partial charge is 0.240 e. The molecule has 0 unspecified atom stereocenters. The predicted molar refractivity (Wildman–Crippen MR) is 81.0 cm³/mol. The summed E-state index contributed by atoms with van der Waals surface area (Å²) in [6.07, 6.45) is 6.85. The van der Waals surface area contributed by atoms with Crippen LogP contribution in [0.3, 0.4) is 0 Å². The molecule has 0 saturated heterocycles. The molecule has 3 heteroatoms. The second-order valence-electron chi connectivity index (χ2n) is 8.71. The number of hydrogen-bond acceptors (Lipinski definition) is 2. The molecule has 0 aromatic heterocycles. The van der Waals surface area contributed by atoms with Crippen molar-refractivity contribution in [3.63, 3.8) is 0 Å². The number of carbonyl (C=O) groups is 1. The van der Waals surface area contributed by atoms with Gasteiger partial charge in [0.25, 0.3) is 0 Å². The van der Waals surface area contributed by atoms with Crippen LogP contribution in [-0.4, -0.2) is 29.9 Å². The fourth-order valence-corrected chi connectivity index (χ4v) is 5.27. The van der Waals surface area contributed by atoms with Gasteiger partial charge in [0, 0.05) is 13.1 Å². The monoisotopic (exact) mass is 278 g/mol. The van der Waals surface area contributed by atoms with Gasteiger partial charge in [-0.25, -0.2) is 0 Å². The Morgan fingerprint density at radius 2 is 1.50 bits per heavy atom. The molecule has 114 valence electrons. The maximum atomic E-state index is 12.7. The summed E-state index contributed by atoms with van der Waals surface area (Å²) in [7, 11) is 2.00. The summed E-state index contributed by atoms with van der Waals surface area (Å²) in [4.78, 5) is 14.7. The number of hydrogen-bond donors (Lipinski definition) is 1. The summed E-state index contributed by atoms with van der Waals surface area (Å²) in [5.74, 6) is 3.54. The van der Waals surface area contributed by atoms with Gasteiger partial charge in [-0.05, 0) is 61.2 Å². The van der Waals surface area contributed by atoms with E-state index in [-0.39, 0.29) is 17.4 Å². The van der Waals surface area contributed by atoms with Gasteiger partial charge in [-0.1, -0.05) is 20.8 Å². The van der Waals surface area contributed by atoms with Crippen LogP contribution in [0.4, 0.5) is 0 Å². The molecule has 4 fully saturated rings. The molecule has 3 nitrogen and oxygen atoms in total. The Morgan fingerprint density at radius 1 is 1.05 bits per heavy atom. The summed E-state index contributed by atoms with van der Waals surface area (Å²) in [6, 6.07) is 0.0772. The predicted octanol–water partition coefficient (Wildman–Crippen LogP) is 2.64. The molecule has 4 rings (SSSR count). The summed E-state index contributed by atoms with van der Waals surface area (Å²) >= 11 is 0. The molecule has 20 heavy (non-hydrogen) atoms. The lowest BCUT2D eigenvalue weighted by Gasteiger charge is -2.57. The highest BCUT2D eigenvalue weighted by molar-refractivity contribution is 5.82. The molecule has 4 saturated carbocycles. The van der Waals surface area contributed by atoms with Crippen molar-refractivity contribution in [1.29, 1.82) is 0 Å². The average molecular weight is 278 g/mol. The summed E-state index contributed by atoms with van der Waals surface area (Å²) in [5, 5.41) is 0. The highest BCUT2D eigenvalue weighted by Gasteiger charge is 2.50. The van der Waals surface area contributed by atoms with Crippen molar-refractivity contribution >= 4 is 5.91 Å². The Hall–Kier alpha value is -0.570. The molecule has 0 radical (unpaired) electrons. The van der Waals surface area contributed by atoms with Crippen molar-refractivity contribution in [3.8, 4) is 0 Å². The van der Waals surface area contributed by atoms with E-state index < -0.39 is 0 Å². The number of amides is 1. The largest absolute Gasteiger partial charge is 0.341 e. The van der Waals surface area contributed by atoms with E-state index in [2.05, 4.69) is 20.8 Å². The second kappa shape index (κ2) is 4.72. The minimum Gasteiger partial charge on any atom is -0.341 e. The topological polar surface area (TPSA) is 46.3 Å². The zero-order valence-corrected chi connectivity index (χ0v) is 13.4. The molecule has 0 spiro atoms. The first-order valence-corrected chi connectivity index (χ1v) is 8.29. The van der Waals surface area contributed by atoms with Crippen LogP contribution in [-0.2, 0) is 4.79 Å². The Balaban J connectivity index is 1.74. The zero-order chi connectivity index (χ0) is 14.7. The molecule has 0 aliphatic heterocycles. The first-order chi connectivity index (χ1) is 9.27. The Morgan fingerprint density at radius 3 is 1.90 bits per heavy atom. The molecule has 1 amide bonds. The number of nitrogens with two attached hydrogens (primary N) is 1. The Labute approximate surface area is 123 Å². The molecular formula is C17H30N2O. The molecule has 2 N–H and O–H groups in total. The van der Waals surface area contributed by atoms with Crippen LogP contribution < -0.4 is 5.73 Å². The summed E-state index contributed by atoms with van der Waals surface area (Å²) in [6.45, 7) is 6.17. The van der Waals surface area contributed by atoms with Crippen LogP contribution >= 0.6 is 0 Å². The SMILES string of the molecule is CN(C(=O)[C@@H](N)C(C)(C)C)C1C2CC3CC(C2)CC1C3. The van der Waals surface area contributed by atoms with Crippen molar-refractivity contribution in [2.75, 3.05) is 7.05 Å². The van der Waals surface area contributed by atoms with Gasteiger partial charge in [0.2, 0.25) is 5.91 Å². The molecule has 4 aliphatic rings. The van der Waals surface area contributed by atoms with Crippen molar-refractivity contribution in [2.45, 2.75) is 65.0 Å². The van der Waals surface area contributed by atoms with Gasteiger partial charge >= 0.3 is 0 Å². The Kier molecular flexibility index (Phi) is 3.39. The maximum absolute atomic E-state index is 12.7. The number of carbonyl (C=O) groups excluding carboxylic acids is 1. The van der Waals surface area contributed by atoms with Gasteiger partial charge < -0.3 is 10.6 Å². The number of nitrogens with zero attached hydrogens (tertiary/aromatic N) is 1. The molecule has 0 heterocycles. The number of rotatable bonds is 2. The second-order valence-corrected chi connectivity index (χ2v) is 8.71. The molecule has 4 aliphatic carbocycles. The standard InChI is InChI=1S/C17H30N2O/c1-17(2,3)15(18)16(20)19(4)14-12-6-10-5-11(8-12)9-13(14)7-10/h10-15H,5-9,18H2,1-4H3/t10?,11?,12?,13?,14?,15-/m1/s1. The lowest BCUT2D eigenvalue weighted by Crippen LogP contribution is -2.60. The Bertz CT molecular complexity index is 370. The third-order valence-corrected chi connectivity index (χ3v) is 6.17. The van der Waals surface area contributed by atoms with Crippen molar-refractivity contribution in [1.82, 2.24) is 4.90 Å². The normalized spacial score (nSPS) is 40.8. The van der Waals surface area contributed by atoms with Crippen molar-refractivity contribution < 1.29 is 4.79 Å². The van der Waals surface area contributed by atoms with E-state index in [1.54, 1.807) is 0 Å². The van der Waals surface area contributed by atoms with Crippen LogP contribution in [0.2, 0.25) is 0 Å². The lowest BCUT2D eigenvalue weighted by molar-refractivity contribution is -0.144. The van der Waals surface area contributed by atoms with Gasteiger partial charge in [0.15, 0.2) is 0 Å². The van der Waals surface area contributed by atoms with Crippen molar-refractivity contribution in [2.24, 2.45) is 34.8 Å². The summed E-state index contributed by atoms with van der Waals surface area (Å²) in [5.41, 5.74) is 6.04. The van der Waals surface area contributed by atoms with E-state index in [0.29, 0.717) is 6.04 Å². The highest BCUT2D eigenvalue weighted by Crippen LogP contribution is 2.55. The fraction of sp³-hybridized carbons (Fsp3) is 0.941. The maximum Gasteiger partial charge on any atom is 0.240 e. The van der Waals surface area contributed by atoms with Crippen LogP contribution in [0.1, 0.15) is 52.9 Å². The van der Waals surface area contributed by atoms with Crippen LogP contribution in [0.25, 0.3) is 0 Å². The van der Waals surface area contributed by atoms with Crippen LogP contribution in [0.5, 0.6) is 0 Å². The quantitative estimate of drug-likeness (QED) is 0.844. The van der Waals surface area contributed by atoms with E-state index in [1.165, 1.54) is 32.1 Å². The molecule has 0 aromatic rings. The average Bonchev–Trinajstić information content (AvgIpc) is 2.34. The molecule has 1 atom stereocenters. The molecule has 4 bridgehead atoms. The van der Waals surface area contributed by atoms with E-state index in [1.807, 2.05) is 11.9 Å². The first-order valence-electron chi connectivity index (χ1n) is 8.29. The molecule has 0 aromatic carbocycles.